The number of anilines is 1. The Bertz CT molecular complexity index is 903. The number of amides is 2. The van der Waals surface area contributed by atoms with Crippen LogP contribution in [0.5, 0.6) is 0 Å². The zero-order valence-corrected chi connectivity index (χ0v) is 15.6. The van der Waals surface area contributed by atoms with Crippen molar-refractivity contribution in [3.05, 3.63) is 90.0 Å². The van der Waals surface area contributed by atoms with E-state index in [-0.39, 0.29) is 12.6 Å². The molecule has 2 amide bonds. The summed E-state index contributed by atoms with van der Waals surface area (Å²) in [4.78, 5) is 12.1. The first-order valence-electron chi connectivity index (χ1n) is 8.94. The number of hydrogen-bond donors (Lipinski definition) is 3. The number of carbonyl (C=O) groups excluding carboxylic acids is 1. The van der Waals surface area contributed by atoms with Crippen LogP contribution in [-0.2, 0) is 5.60 Å². The van der Waals surface area contributed by atoms with Gasteiger partial charge in [0.15, 0.2) is 0 Å². The number of hydrogen-bond acceptors (Lipinski definition) is 2. The van der Waals surface area contributed by atoms with Gasteiger partial charge in [0, 0.05) is 5.69 Å². The molecule has 4 nitrogen and oxygen atoms in total. The first-order chi connectivity index (χ1) is 12.9. The van der Waals surface area contributed by atoms with E-state index in [0.717, 1.165) is 27.9 Å². The maximum absolute atomic E-state index is 12.1. The number of urea groups is 1. The number of benzene rings is 3. The molecule has 1 unspecified atom stereocenters. The highest BCUT2D eigenvalue weighted by Crippen LogP contribution is 2.24. The lowest BCUT2D eigenvalue weighted by atomic mass is 9.94. The second kappa shape index (κ2) is 8.06. The molecule has 0 heterocycles. The molecule has 27 heavy (non-hydrogen) atoms. The molecular formula is C23H24N2O2. The SMILES string of the molecule is Cc1cccc(NC(=O)NCC(C)(O)c2ccc(-c3ccccc3)cc2)c1. The molecular weight excluding hydrogens is 336 g/mol. The molecule has 0 radical (unpaired) electrons. The summed E-state index contributed by atoms with van der Waals surface area (Å²) in [6, 6.07) is 25.0. The number of aliphatic hydroxyl groups is 1. The van der Waals surface area contributed by atoms with Crippen molar-refractivity contribution in [2.75, 3.05) is 11.9 Å². The van der Waals surface area contributed by atoms with E-state index >= 15 is 0 Å². The van der Waals surface area contributed by atoms with Gasteiger partial charge in [-0.25, -0.2) is 4.79 Å². The number of carbonyl (C=O) groups is 1. The highest BCUT2D eigenvalue weighted by Gasteiger charge is 2.23. The fraction of sp³-hybridized carbons (Fsp3) is 0.174. The summed E-state index contributed by atoms with van der Waals surface area (Å²) in [5, 5.41) is 16.3. The predicted octanol–water partition coefficient (Wildman–Crippen LogP) is 4.69. The standard InChI is InChI=1S/C23H24N2O2/c1-17-7-6-10-21(15-17)25-22(26)24-16-23(2,27)20-13-11-19(12-14-20)18-8-4-3-5-9-18/h3-15,27H,16H2,1-2H3,(H2,24,25,26). The summed E-state index contributed by atoms with van der Waals surface area (Å²) in [7, 11) is 0. The predicted molar refractivity (Wildman–Crippen MR) is 110 cm³/mol. The van der Waals surface area contributed by atoms with Crippen LogP contribution >= 0.6 is 0 Å². The topological polar surface area (TPSA) is 61.4 Å². The number of rotatable bonds is 5. The van der Waals surface area contributed by atoms with Crippen LogP contribution in [0, 0.1) is 6.92 Å². The van der Waals surface area contributed by atoms with Gasteiger partial charge in [-0.05, 0) is 48.2 Å². The molecule has 138 valence electrons. The van der Waals surface area contributed by atoms with Crippen molar-refractivity contribution < 1.29 is 9.90 Å². The summed E-state index contributed by atoms with van der Waals surface area (Å²) >= 11 is 0. The van der Waals surface area contributed by atoms with Gasteiger partial charge in [-0.15, -0.1) is 0 Å². The van der Waals surface area contributed by atoms with Crippen molar-refractivity contribution in [2.45, 2.75) is 19.4 Å². The van der Waals surface area contributed by atoms with Gasteiger partial charge in [-0.3, -0.25) is 0 Å². The lowest BCUT2D eigenvalue weighted by Gasteiger charge is -2.24. The minimum absolute atomic E-state index is 0.106. The summed E-state index contributed by atoms with van der Waals surface area (Å²) in [5.41, 5.74) is 3.58. The molecule has 0 saturated carbocycles. The van der Waals surface area contributed by atoms with E-state index in [2.05, 4.69) is 10.6 Å². The first-order valence-corrected chi connectivity index (χ1v) is 8.94. The lowest BCUT2D eigenvalue weighted by molar-refractivity contribution is 0.0600. The number of nitrogens with one attached hydrogen (secondary N) is 2. The minimum Gasteiger partial charge on any atom is -0.384 e. The fourth-order valence-corrected chi connectivity index (χ4v) is 2.90. The summed E-state index contributed by atoms with van der Waals surface area (Å²) < 4.78 is 0. The molecule has 0 bridgehead atoms. The zero-order valence-electron chi connectivity index (χ0n) is 15.6. The molecule has 1 atom stereocenters. The van der Waals surface area contributed by atoms with Crippen LogP contribution in [0.3, 0.4) is 0 Å². The normalized spacial score (nSPS) is 12.9. The molecule has 0 aliphatic heterocycles. The van der Waals surface area contributed by atoms with E-state index < -0.39 is 5.60 Å². The van der Waals surface area contributed by atoms with E-state index in [9.17, 15) is 9.90 Å². The van der Waals surface area contributed by atoms with Gasteiger partial charge in [0.1, 0.15) is 5.60 Å². The highest BCUT2D eigenvalue weighted by atomic mass is 16.3. The quantitative estimate of drug-likeness (QED) is 0.618. The summed E-state index contributed by atoms with van der Waals surface area (Å²) in [6.45, 7) is 3.76. The van der Waals surface area contributed by atoms with Crippen LogP contribution in [0.2, 0.25) is 0 Å². The minimum atomic E-state index is -1.17. The lowest BCUT2D eigenvalue weighted by Crippen LogP contribution is -2.40. The molecule has 4 heteroatoms. The molecule has 0 fully saturated rings. The second-order valence-corrected chi connectivity index (χ2v) is 6.89. The van der Waals surface area contributed by atoms with Gasteiger partial charge in [0.2, 0.25) is 0 Å². The van der Waals surface area contributed by atoms with E-state index in [4.69, 9.17) is 0 Å². The Balaban J connectivity index is 1.61. The Hall–Kier alpha value is -3.11. The molecule has 0 aromatic heterocycles. The van der Waals surface area contributed by atoms with E-state index in [1.807, 2.05) is 85.8 Å². The van der Waals surface area contributed by atoms with Crippen LogP contribution in [0.15, 0.2) is 78.9 Å². The monoisotopic (exact) mass is 360 g/mol. The van der Waals surface area contributed by atoms with Crippen LogP contribution in [0.4, 0.5) is 10.5 Å². The van der Waals surface area contributed by atoms with Gasteiger partial charge in [-0.1, -0.05) is 66.7 Å². The van der Waals surface area contributed by atoms with Gasteiger partial charge >= 0.3 is 6.03 Å². The third kappa shape index (κ3) is 4.96. The van der Waals surface area contributed by atoms with Crippen LogP contribution in [0.25, 0.3) is 11.1 Å². The van der Waals surface area contributed by atoms with Gasteiger partial charge < -0.3 is 15.7 Å². The fourth-order valence-electron chi connectivity index (χ4n) is 2.90. The largest absolute Gasteiger partial charge is 0.384 e. The zero-order chi connectivity index (χ0) is 19.3. The maximum Gasteiger partial charge on any atom is 0.319 e. The highest BCUT2D eigenvalue weighted by molar-refractivity contribution is 5.89. The van der Waals surface area contributed by atoms with E-state index in [1.54, 1.807) is 6.92 Å². The van der Waals surface area contributed by atoms with Crippen molar-refractivity contribution in [3.63, 3.8) is 0 Å². The Kier molecular flexibility index (Phi) is 5.57. The number of aryl methyl sites for hydroxylation is 1. The van der Waals surface area contributed by atoms with Crippen molar-refractivity contribution in [3.8, 4) is 11.1 Å². The van der Waals surface area contributed by atoms with Crippen LogP contribution in [-0.4, -0.2) is 17.7 Å². The molecule has 3 N–H and O–H groups in total. The average Bonchev–Trinajstić information content (AvgIpc) is 2.67. The molecule has 3 aromatic rings. The van der Waals surface area contributed by atoms with Crippen molar-refractivity contribution >= 4 is 11.7 Å². The molecule has 0 aliphatic carbocycles. The Labute approximate surface area is 159 Å². The van der Waals surface area contributed by atoms with E-state index in [0.29, 0.717) is 0 Å². The van der Waals surface area contributed by atoms with Crippen molar-refractivity contribution in [2.24, 2.45) is 0 Å². The smallest absolute Gasteiger partial charge is 0.319 e. The van der Waals surface area contributed by atoms with Crippen LogP contribution < -0.4 is 10.6 Å². The second-order valence-electron chi connectivity index (χ2n) is 6.89. The van der Waals surface area contributed by atoms with Gasteiger partial charge in [0.05, 0.1) is 6.54 Å². The van der Waals surface area contributed by atoms with E-state index in [1.165, 1.54) is 0 Å². The van der Waals surface area contributed by atoms with Gasteiger partial charge in [-0.2, -0.15) is 0 Å². The Morgan fingerprint density at radius 2 is 1.59 bits per heavy atom. The Morgan fingerprint density at radius 1 is 0.926 bits per heavy atom. The summed E-state index contributed by atoms with van der Waals surface area (Å²) in [5.74, 6) is 0. The molecule has 3 rings (SSSR count). The van der Waals surface area contributed by atoms with Crippen molar-refractivity contribution in [1.29, 1.82) is 0 Å². The third-order valence-corrected chi connectivity index (χ3v) is 4.48. The first kappa shape index (κ1) is 18.7. The summed E-state index contributed by atoms with van der Waals surface area (Å²) in [6.07, 6.45) is 0. The molecule has 0 aliphatic rings. The average molecular weight is 360 g/mol. The Morgan fingerprint density at radius 3 is 2.26 bits per heavy atom. The third-order valence-electron chi connectivity index (χ3n) is 4.48. The van der Waals surface area contributed by atoms with Crippen molar-refractivity contribution in [1.82, 2.24) is 5.32 Å². The molecule has 0 spiro atoms. The molecule has 3 aromatic carbocycles. The van der Waals surface area contributed by atoms with Crippen LogP contribution in [0.1, 0.15) is 18.1 Å². The van der Waals surface area contributed by atoms with Gasteiger partial charge in [0.25, 0.3) is 0 Å². The molecule has 0 saturated heterocycles. The maximum atomic E-state index is 12.1.